The Morgan fingerprint density at radius 2 is 2.06 bits per heavy atom. The Bertz CT molecular complexity index is 1060. The predicted molar refractivity (Wildman–Crippen MR) is 118 cm³/mol. The minimum atomic E-state index is -0.345. The molecular weight excluding hydrogens is 424 g/mol. The van der Waals surface area contributed by atoms with Crippen molar-refractivity contribution in [2.75, 3.05) is 27.4 Å². The van der Waals surface area contributed by atoms with Crippen LogP contribution in [0, 0.1) is 0 Å². The van der Waals surface area contributed by atoms with Gasteiger partial charge in [-0.2, -0.15) is 0 Å². The van der Waals surface area contributed by atoms with E-state index in [1.165, 1.54) is 5.56 Å². The third kappa shape index (κ3) is 4.38. The number of aromatic nitrogens is 5. The molecule has 3 aromatic rings. The van der Waals surface area contributed by atoms with E-state index < -0.39 is 0 Å². The van der Waals surface area contributed by atoms with Gasteiger partial charge in [-0.05, 0) is 53.3 Å². The highest BCUT2D eigenvalue weighted by molar-refractivity contribution is 5.33. The quantitative estimate of drug-likeness (QED) is 0.462. The van der Waals surface area contributed by atoms with Crippen molar-refractivity contribution in [1.82, 2.24) is 30.7 Å². The molecule has 176 valence electrons. The van der Waals surface area contributed by atoms with Crippen molar-refractivity contribution in [1.29, 1.82) is 0 Å². The van der Waals surface area contributed by atoms with Crippen molar-refractivity contribution < 1.29 is 18.7 Å². The van der Waals surface area contributed by atoms with Gasteiger partial charge in [0.2, 0.25) is 0 Å². The molecule has 0 spiro atoms. The zero-order chi connectivity index (χ0) is 22.7. The van der Waals surface area contributed by atoms with Crippen LogP contribution >= 0.6 is 0 Å². The van der Waals surface area contributed by atoms with Gasteiger partial charge in [0.15, 0.2) is 5.82 Å². The maximum Gasteiger partial charge on any atom is 0.171 e. The molecule has 0 unspecified atom stereocenters. The smallest absolute Gasteiger partial charge is 0.171 e. The van der Waals surface area contributed by atoms with E-state index >= 15 is 0 Å². The maximum absolute atomic E-state index is 5.62. The first kappa shape index (κ1) is 22.0. The van der Waals surface area contributed by atoms with Crippen LogP contribution in [0.4, 0.5) is 0 Å². The van der Waals surface area contributed by atoms with Crippen LogP contribution in [-0.2, 0) is 41.1 Å². The summed E-state index contributed by atoms with van der Waals surface area (Å²) in [6.45, 7) is 3.17. The Kier molecular flexibility index (Phi) is 6.39. The Morgan fingerprint density at radius 1 is 1.21 bits per heavy atom. The van der Waals surface area contributed by atoms with Crippen molar-refractivity contribution >= 4 is 0 Å². The summed E-state index contributed by atoms with van der Waals surface area (Å²) in [7, 11) is 3.39. The fraction of sp³-hybridized carbons (Fsp3) is 0.565. The van der Waals surface area contributed by atoms with Crippen molar-refractivity contribution in [2.45, 2.75) is 56.8 Å². The van der Waals surface area contributed by atoms with Crippen molar-refractivity contribution in [3.8, 4) is 5.75 Å². The largest absolute Gasteiger partial charge is 0.497 e. The van der Waals surface area contributed by atoms with E-state index in [9.17, 15) is 0 Å². The summed E-state index contributed by atoms with van der Waals surface area (Å²) in [6, 6.07) is 8.30. The van der Waals surface area contributed by atoms with Crippen LogP contribution < -0.4 is 10.1 Å². The molecule has 10 heteroatoms. The molecule has 0 bridgehead atoms. The number of hydrogen-bond donors (Lipinski definition) is 1. The third-order valence-electron chi connectivity index (χ3n) is 6.72. The van der Waals surface area contributed by atoms with Gasteiger partial charge in [0.05, 0.1) is 25.9 Å². The summed E-state index contributed by atoms with van der Waals surface area (Å²) in [5.74, 6) is 3.06. The zero-order valence-corrected chi connectivity index (χ0v) is 19.1. The molecule has 1 aliphatic carbocycles. The number of tetrazole rings is 1. The number of fused-ring (bicyclic) bond motifs is 1. The fourth-order valence-electron chi connectivity index (χ4n) is 4.83. The number of ether oxygens (including phenoxy) is 3. The van der Waals surface area contributed by atoms with Crippen LogP contribution in [0.2, 0.25) is 0 Å². The van der Waals surface area contributed by atoms with Gasteiger partial charge in [-0.1, -0.05) is 17.3 Å². The maximum atomic E-state index is 5.62. The first-order valence-electron chi connectivity index (χ1n) is 11.4. The number of benzene rings is 1. The minimum Gasteiger partial charge on any atom is -0.497 e. The van der Waals surface area contributed by atoms with Gasteiger partial charge in [0.25, 0.3) is 0 Å². The van der Waals surface area contributed by atoms with Crippen LogP contribution in [0.15, 0.2) is 28.8 Å². The first-order chi connectivity index (χ1) is 16.2. The standard InChI is InChI=1S/C23H30N6O4/c1-30-10-3-9-29-22(25-27-28-29)23(12-17(13-23)16-4-6-18(31-2)7-5-16)24-14-20-19-15-32-11-8-21(19)33-26-20/h4-7,17,24H,3,8-15H2,1-2H3. The Hall–Kier alpha value is -2.82. The molecular formula is C23H30N6O4. The molecule has 1 fully saturated rings. The van der Waals surface area contributed by atoms with Gasteiger partial charge in [0, 0.05) is 38.8 Å². The predicted octanol–water partition coefficient (Wildman–Crippen LogP) is 2.34. The molecule has 1 aromatic carbocycles. The molecule has 2 aromatic heterocycles. The molecule has 1 saturated carbocycles. The topological polar surface area (TPSA) is 109 Å². The van der Waals surface area contributed by atoms with E-state index in [2.05, 4.69) is 38.1 Å². The SMILES string of the molecule is COCCCn1nnnc1C1(NCc2noc3c2COCC3)CC(c2ccc(OC)cc2)C1. The molecule has 1 aliphatic heterocycles. The average molecular weight is 455 g/mol. The number of methoxy groups -OCH3 is 2. The highest BCUT2D eigenvalue weighted by Gasteiger charge is 2.49. The number of hydrogen-bond acceptors (Lipinski definition) is 9. The number of nitrogens with one attached hydrogen (secondary N) is 1. The second-order valence-corrected chi connectivity index (χ2v) is 8.72. The Labute approximate surface area is 192 Å². The zero-order valence-electron chi connectivity index (χ0n) is 19.1. The molecule has 33 heavy (non-hydrogen) atoms. The minimum absolute atomic E-state index is 0.345. The van der Waals surface area contributed by atoms with Gasteiger partial charge >= 0.3 is 0 Å². The molecule has 1 N–H and O–H groups in total. The number of aryl methyl sites for hydroxylation is 1. The lowest BCUT2D eigenvalue weighted by atomic mass is 9.65. The van der Waals surface area contributed by atoms with Crippen LogP contribution in [0.25, 0.3) is 0 Å². The highest BCUT2D eigenvalue weighted by Crippen LogP contribution is 2.50. The van der Waals surface area contributed by atoms with Crippen LogP contribution in [0.3, 0.4) is 0 Å². The van der Waals surface area contributed by atoms with Crippen LogP contribution in [-0.4, -0.2) is 52.8 Å². The lowest BCUT2D eigenvalue weighted by molar-refractivity contribution is 0.102. The van der Waals surface area contributed by atoms with E-state index in [0.29, 0.717) is 38.8 Å². The third-order valence-corrected chi connectivity index (χ3v) is 6.72. The summed E-state index contributed by atoms with van der Waals surface area (Å²) in [4.78, 5) is 0. The van der Waals surface area contributed by atoms with E-state index in [1.807, 2.05) is 16.8 Å². The van der Waals surface area contributed by atoms with Crippen LogP contribution in [0.1, 0.15) is 53.6 Å². The van der Waals surface area contributed by atoms with Gasteiger partial charge in [-0.3, -0.25) is 5.32 Å². The number of nitrogens with zero attached hydrogens (tertiary/aromatic N) is 5. The van der Waals surface area contributed by atoms with Crippen molar-refractivity contribution in [2.24, 2.45) is 0 Å². The summed E-state index contributed by atoms with van der Waals surface area (Å²) < 4.78 is 23.6. The molecule has 5 rings (SSSR count). The summed E-state index contributed by atoms with van der Waals surface area (Å²) in [5.41, 5.74) is 2.91. The summed E-state index contributed by atoms with van der Waals surface area (Å²) in [6.07, 6.45) is 3.40. The molecule has 0 atom stereocenters. The van der Waals surface area contributed by atoms with E-state index in [1.54, 1.807) is 14.2 Å². The van der Waals surface area contributed by atoms with Gasteiger partial charge in [0.1, 0.15) is 17.2 Å². The lowest BCUT2D eigenvalue weighted by Gasteiger charge is -2.47. The molecule has 0 saturated heterocycles. The monoisotopic (exact) mass is 454 g/mol. The van der Waals surface area contributed by atoms with E-state index in [-0.39, 0.29) is 5.54 Å². The lowest BCUT2D eigenvalue weighted by Crippen LogP contribution is -2.53. The Morgan fingerprint density at radius 3 is 2.85 bits per heavy atom. The second-order valence-electron chi connectivity index (χ2n) is 8.72. The second kappa shape index (κ2) is 9.58. The van der Waals surface area contributed by atoms with Gasteiger partial charge in [-0.25, -0.2) is 4.68 Å². The van der Waals surface area contributed by atoms with Crippen molar-refractivity contribution in [3.63, 3.8) is 0 Å². The molecule has 3 heterocycles. The first-order valence-corrected chi connectivity index (χ1v) is 11.4. The highest BCUT2D eigenvalue weighted by atomic mass is 16.5. The van der Waals surface area contributed by atoms with Gasteiger partial charge < -0.3 is 18.7 Å². The summed E-state index contributed by atoms with van der Waals surface area (Å²) in [5, 5.41) is 20.8. The normalized spacial score (nSPS) is 22.1. The molecule has 0 radical (unpaired) electrons. The van der Waals surface area contributed by atoms with Crippen LogP contribution in [0.5, 0.6) is 5.75 Å². The van der Waals surface area contributed by atoms with Gasteiger partial charge in [-0.15, -0.1) is 5.10 Å². The Balaban J connectivity index is 1.36. The average Bonchev–Trinajstić information content (AvgIpc) is 3.46. The summed E-state index contributed by atoms with van der Waals surface area (Å²) >= 11 is 0. The van der Waals surface area contributed by atoms with E-state index in [0.717, 1.165) is 54.3 Å². The molecule has 2 aliphatic rings. The number of rotatable bonds is 10. The van der Waals surface area contributed by atoms with Crippen molar-refractivity contribution in [3.05, 3.63) is 52.7 Å². The molecule has 0 amide bonds. The van der Waals surface area contributed by atoms with E-state index in [4.69, 9.17) is 18.7 Å². The fourth-order valence-corrected chi connectivity index (χ4v) is 4.83. The molecule has 10 nitrogen and oxygen atoms in total.